The van der Waals surface area contributed by atoms with Crippen molar-refractivity contribution in [3.63, 3.8) is 0 Å². The Kier molecular flexibility index (Phi) is 3.14. The van der Waals surface area contributed by atoms with E-state index in [1.807, 2.05) is 0 Å². The number of halogens is 1. The number of hydrogen-bond acceptors (Lipinski definition) is 3. The van der Waals surface area contributed by atoms with Gasteiger partial charge in [-0.05, 0) is 19.7 Å². The average molecular weight is 197 g/mol. The van der Waals surface area contributed by atoms with E-state index in [4.69, 9.17) is 11.6 Å². The van der Waals surface area contributed by atoms with Gasteiger partial charge in [0.25, 0.3) is 0 Å². The van der Waals surface area contributed by atoms with Crippen molar-refractivity contribution >= 4 is 29.8 Å². The Morgan fingerprint density at radius 1 is 1.77 bits per heavy atom. The highest BCUT2D eigenvalue weighted by Gasteiger charge is 2.08. The van der Waals surface area contributed by atoms with Crippen molar-refractivity contribution in [3.05, 3.63) is 23.0 Å². The number of aliphatic imine (C=N–C) groups is 1. The molecule has 0 bridgehead atoms. The first-order chi connectivity index (χ1) is 6.15. The van der Waals surface area contributed by atoms with Crippen molar-refractivity contribution in [2.24, 2.45) is 4.99 Å². The van der Waals surface area contributed by atoms with Gasteiger partial charge >= 0.3 is 0 Å². The third kappa shape index (κ3) is 2.36. The summed E-state index contributed by atoms with van der Waals surface area (Å²) in [4.78, 5) is 18.6. The summed E-state index contributed by atoms with van der Waals surface area (Å²) in [5.74, 6) is 0.0275. The topological polar surface area (TPSA) is 42.3 Å². The van der Waals surface area contributed by atoms with E-state index in [0.717, 1.165) is 0 Å². The summed E-state index contributed by atoms with van der Waals surface area (Å²) in [6.07, 6.45) is 1.80. The van der Waals surface area contributed by atoms with E-state index < -0.39 is 0 Å². The van der Waals surface area contributed by atoms with Gasteiger partial charge in [-0.25, -0.2) is 0 Å². The van der Waals surface area contributed by atoms with Gasteiger partial charge in [-0.15, -0.1) is 0 Å². The molecule has 4 heteroatoms. The second kappa shape index (κ2) is 4.14. The average Bonchev–Trinajstić information content (AvgIpc) is 2.03. The molecule has 0 aliphatic rings. The van der Waals surface area contributed by atoms with Gasteiger partial charge in [0.05, 0.1) is 17.1 Å². The summed E-state index contributed by atoms with van der Waals surface area (Å²) in [7, 11) is 0. The smallest absolute Gasteiger partial charge is 0.135 e. The zero-order chi connectivity index (χ0) is 9.84. The van der Waals surface area contributed by atoms with E-state index in [1.54, 1.807) is 12.3 Å². The standard InChI is InChI=1S/C9H9ClN2O/c1-6(13)5-8-9(11-2)7(10)3-4-12-8/h3-4H,2,5H2,1H3. The number of hydrogen-bond donors (Lipinski definition) is 0. The number of Topliss-reactive ketones (excluding diaryl/α,β-unsaturated/α-hetero) is 1. The fourth-order valence-corrected chi connectivity index (χ4v) is 1.23. The molecule has 0 unspecified atom stereocenters. The summed E-state index contributed by atoms with van der Waals surface area (Å²) in [6.45, 7) is 4.87. The Hall–Kier alpha value is -1.22. The molecule has 1 aromatic rings. The predicted molar refractivity (Wildman–Crippen MR) is 52.8 cm³/mol. The van der Waals surface area contributed by atoms with Crippen LogP contribution in [-0.4, -0.2) is 17.5 Å². The van der Waals surface area contributed by atoms with Crippen LogP contribution >= 0.6 is 11.6 Å². The molecule has 1 heterocycles. The van der Waals surface area contributed by atoms with Crippen molar-refractivity contribution in [2.75, 3.05) is 0 Å². The summed E-state index contributed by atoms with van der Waals surface area (Å²) >= 11 is 5.83. The number of nitrogens with zero attached hydrogens (tertiary/aromatic N) is 2. The summed E-state index contributed by atoms with van der Waals surface area (Å²) in [5, 5.41) is 0.473. The van der Waals surface area contributed by atoms with Gasteiger partial charge in [0.2, 0.25) is 0 Å². The minimum atomic E-state index is 0.0275. The number of carbonyl (C=O) groups excluding carboxylic acids is 1. The maximum Gasteiger partial charge on any atom is 0.135 e. The number of pyridine rings is 1. The number of carbonyl (C=O) groups is 1. The molecular formula is C9H9ClN2O. The van der Waals surface area contributed by atoms with Crippen LogP contribution in [0.25, 0.3) is 0 Å². The van der Waals surface area contributed by atoms with E-state index >= 15 is 0 Å². The molecule has 0 aliphatic carbocycles. The number of aromatic nitrogens is 1. The van der Waals surface area contributed by atoms with Crippen LogP contribution in [0.1, 0.15) is 12.6 Å². The van der Waals surface area contributed by atoms with Gasteiger partial charge in [-0.2, -0.15) is 0 Å². The molecule has 0 N–H and O–H groups in total. The van der Waals surface area contributed by atoms with Crippen LogP contribution in [0, 0.1) is 0 Å². The second-order valence-electron chi connectivity index (χ2n) is 2.62. The first-order valence-corrected chi connectivity index (χ1v) is 4.12. The zero-order valence-corrected chi connectivity index (χ0v) is 8.01. The molecule has 0 radical (unpaired) electrons. The molecule has 0 spiro atoms. The molecule has 68 valence electrons. The minimum absolute atomic E-state index is 0.0275. The Bertz CT molecular complexity index is 349. The highest BCUT2D eigenvalue weighted by Crippen LogP contribution is 2.26. The maximum atomic E-state index is 10.8. The molecule has 3 nitrogen and oxygen atoms in total. The van der Waals surface area contributed by atoms with Crippen LogP contribution in [0.15, 0.2) is 17.3 Å². The fraction of sp³-hybridized carbons (Fsp3) is 0.222. The Morgan fingerprint density at radius 3 is 3.00 bits per heavy atom. The van der Waals surface area contributed by atoms with Crippen LogP contribution < -0.4 is 0 Å². The fourth-order valence-electron chi connectivity index (χ4n) is 1.00. The molecule has 0 saturated carbocycles. The summed E-state index contributed by atoms with van der Waals surface area (Å²) in [6, 6.07) is 1.62. The molecule has 0 fully saturated rings. The highest BCUT2D eigenvalue weighted by molar-refractivity contribution is 6.33. The number of ketones is 1. The maximum absolute atomic E-state index is 10.8. The van der Waals surface area contributed by atoms with Gasteiger partial charge in [0, 0.05) is 6.20 Å². The van der Waals surface area contributed by atoms with Gasteiger partial charge < -0.3 is 0 Å². The molecule has 0 aromatic carbocycles. The van der Waals surface area contributed by atoms with E-state index in [0.29, 0.717) is 16.4 Å². The van der Waals surface area contributed by atoms with Crippen LogP contribution in [0.5, 0.6) is 0 Å². The third-order valence-corrected chi connectivity index (χ3v) is 1.83. The number of rotatable bonds is 3. The van der Waals surface area contributed by atoms with Crippen LogP contribution in [-0.2, 0) is 11.2 Å². The molecule has 0 aliphatic heterocycles. The lowest BCUT2D eigenvalue weighted by molar-refractivity contribution is -0.116. The van der Waals surface area contributed by atoms with Gasteiger partial charge in [0.15, 0.2) is 0 Å². The van der Waals surface area contributed by atoms with E-state index in [2.05, 4.69) is 16.7 Å². The molecule has 1 aromatic heterocycles. The van der Waals surface area contributed by atoms with Crippen LogP contribution in [0.3, 0.4) is 0 Å². The Morgan fingerprint density at radius 2 is 2.46 bits per heavy atom. The normalized spacial score (nSPS) is 9.69. The van der Waals surface area contributed by atoms with Gasteiger partial charge in [-0.1, -0.05) is 11.6 Å². The first kappa shape index (κ1) is 9.86. The van der Waals surface area contributed by atoms with Crippen LogP contribution in [0.2, 0.25) is 5.02 Å². The lowest BCUT2D eigenvalue weighted by Crippen LogP contribution is -1.99. The quantitative estimate of drug-likeness (QED) is 0.696. The Balaban J connectivity index is 3.12. The highest BCUT2D eigenvalue weighted by atomic mass is 35.5. The van der Waals surface area contributed by atoms with Crippen molar-refractivity contribution in [2.45, 2.75) is 13.3 Å². The van der Waals surface area contributed by atoms with Gasteiger partial charge in [-0.3, -0.25) is 14.8 Å². The lowest BCUT2D eigenvalue weighted by Gasteiger charge is -2.02. The van der Waals surface area contributed by atoms with E-state index in [9.17, 15) is 4.79 Å². The van der Waals surface area contributed by atoms with Gasteiger partial charge in [0.1, 0.15) is 11.5 Å². The SMILES string of the molecule is C=Nc1c(Cl)ccnc1CC(C)=O. The molecule has 13 heavy (non-hydrogen) atoms. The van der Waals surface area contributed by atoms with E-state index in [1.165, 1.54) is 6.92 Å². The van der Waals surface area contributed by atoms with E-state index in [-0.39, 0.29) is 12.2 Å². The summed E-state index contributed by atoms with van der Waals surface area (Å²) < 4.78 is 0. The molecule has 0 saturated heterocycles. The molecule has 0 amide bonds. The monoisotopic (exact) mass is 196 g/mol. The largest absolute Gasteiger partial charge is 0.300 e. The van der Waals surface area contributed by atoms with Crippen molar-refractivity contribution < 1.29 is 4.79 Å². The summed E-state index contributed by atoms with van der Waals surface area (Å²) in [5.41, 5.74) is 1.08. The molecule has 0 atom stereocenters. The first-order valence-electron chi connectivity index (χ1n) is 3.74. The van der Waals surface area contributed by atoms with Crippen molar-refractivity contribution in [1.29, 1.82) is 0 Å². The van der Waals surface area contributed by atoms with Crippen LogP contribution in [0.4, 0.5) is 5.69 Å². The second-order valence-corrected chi connectivity index (χ2v) is 3.03. The van der Waals surface area contributed by atoms with Crippen molar-refractivity contribution in [3.8, 4) is 0 Å². The third-order valence-electron chi connectivity index (χ3n) is 1.53. The Labute approximate surface area is 81.5 Å². The molecular weight excluding hydrogens is 188 g/mol. The zero-order valence-electron chi connectivity index (χ0n) is 7.25. The lowest BCUT2D eigenvalue weighted by atomic mass is 10.2. The minimum Gasteiger partial charge on any atom is -0.300 e. The van der Waals surface area contributed by atoms with Crippen molar-refractivity contribution in [1.82, 2.24) is 4.98 Å². The molecule has 1 rings (SSSR count). The predicted octanol–water partition coefficient (Wildman–Crippen LogP) is 2.20.